The molecule has 0 radical (unpaired) electrons. The maximum atomic E-state index is 12.1. The van der Waals surface area contributed by atoms with Gasteiger partial charge in [0.1, 0.15) is 5.75 Å². The van der Waals surface area contributed by atoms with Crippen molar-refractivity contribution in [3.05, 3.63) is 71.3 Å². The number of hydrogen-bond acceptors (Lipinski definition) is 3. The number of carbonyl (C=O) groups excluding carboxylic acids is 1. The van der Waals surface area contributed by atoms with E-state index < -0.39 is 0 Å². The Morgan fingerprint density at radius 2 is 1.74 bits per heavy atom. The Morgan fingerprint density at radius 1 is 1.04 bits per heavy atom. The van der Waals surface area contributed by atoms with Gasteiger partial charge in [0.15, 0.2) is 5.78 Å². The molecule has 0 unspecified atom stereocenters. The van der Waals surface area contributed by atoms with Gasteiger partial charge >= 0.3 is 0 Å². The second kappa shape index (κ2) is 6.80. The standard InChI is InChI=1S/C20H20O3/c1-23-20-8-6-16(7-9-20)18-10-17(11-19(22)12-18)15-4-2-14(13-21)3-5-15/h2-9,11,18,21H,10,12-13H2,1H3/t18-/m1/s1. The van der Waals surface area contributed by atoms with Gasteiger partial charge in [-0.25, -0.2) is 0 Å². The fourth-order valence-electron chi connectivity index (χ4n) is 3.03. The molecule has 0 spiro atoms. The number of rotatable bonds is 4. The Labute approximate surface area is 136 Å². The maximum absolute atomic E-state index is 12.1. The van der Waals surface area contributed by atoms with Crippen molar-refractivity contribution in [3.8, 4) is 5.75 Å². The van der Waals surface area contributed by atoms with Crippen LogP contribution in [0.15, 0.2) is 54.6 Å². The van der Waals surface area contributed by atoms with E-state index in [1.165, 1.54) is 0 Å². The highest BCUT2D eigenvalue weighted by Gasteiger charge is 2.23. The Kier molecular flexibility index (Phi) is 4.58. The van der Waals surface area contributed by atoms with E-state index in [0.29, 0.717) is 6.42 Å². The molecule has 0 heterocycles. The average molecular weight is 308 g/mol. The van der Waals surface area contributed by atoms with E-state index >= 15 is 0 Å². The molecule has 0 fully saturated rings. The van der Waals surface area contributed by atoms with Crippen LogP contribution in [0.3, 0.4) is 0 Å². The normalized spacial score (nSPS) is 17.7. The predicted octanol–water partition coefficient (Wildman–Crippen LogP) is 3.72. The van der Waals surface area contributed by atoms with E-state index in [1.54, 1.807) is 13.2 Å². The number of methoxy groups -OCH3 is 1. The van der Waals surface area contributed by atoms with Crippen molar-refractivity contribution < 1.29 is 14.6 Å². The minimum Gasteiger partial charge on any atom is -0.497 e. The molecule has 1 aliphatic carbocycles. The van der Waals surface area contributed by atoms with Crippen LogP contribution < -0.4 is 4.74 Å². The number of ether oxygens (including phenoxy) is 1. The van der Waals surface area contributed by atoms with Crippen molar-refractivity contribution >= 4 is 11.4 Å². The highest BCUT2D eigenvalue weighted by atomic mass is 16.5. The first-order valence-corrected chi connectivity index (χ1v) is 7.77. The van der Waals surface area contributed by atoms with Crippen LogP contribution in [-0.2, 0) is 11.4 Å². The molecule has 2 aromatic carbocycles. The molecule has 1 N–H and O–H groups in total. The molecular formula is C20H20O3. The number of allylic oxidation sites excluding steroid dienone is 2. The summed E-state index contributed by atoms with van der Waals surface area (Å²) >= 11 is 0. The van der Waals surface area contributed by atoms with Crippen molar-refractivity contribution in [2.75, 3.05) is 7.11 Å². The van der Waals surface area contributed by atoms with E-state index in [1.807, 2.05) is 48.5 Å². The van der Waals surface area contributed by atoms with Gasteiger partial charge in [-0.1, -0.05) is 36.4 Å². The lowest BCUT2D eigenvalue weighted by molar-refractivity contribution is -0.115. The summed E-state index contributed by atoms with van der Waals surface area (Å²) in [4.78, 5) is 12.1. The summed E-state index contributed by atoms with van der Waals surface area (Å²) in [6.45, 7) is 0.0345. The molecule has 0 aromatic heterocycles. The van der Waals surface area contributed by atoms with Crippen molar-refractivity contribution in [1.82, 2.24) is 0 Å². The topological polar surface area (TPSA) is 46.5 Å². The summed E-state index contributed by atoms with van der Waals surface area (Å²) in [6, 6.07) is 15.7. The first-order chi connectivity index (χ1) is 11.2. The van der Waals surface area contributed by atoms with E-state index in [0.717, 1.165) is 34.4 Å². The van der Waals surface area contributed by atoms with Crippen LogP contribution in [0.4, 0.5) is 0 Å². The summed E-state index contributed by atoms with van der Waals surface area (Å²) in [7, 11) is 1.65. The van der Waals surface area contributed by atoms with Crippen LogP contribution in [0.25, 0.3) is 5.57 Å². The molecule has 0 saturated heterocycles. The summed E-state index contributed by atoms with van der Waals surface area (Å²) < 4.78 is 5.19. The van der Waals surface area contributed by atoms with Crippen LogP contribution in [0, 0.1) is 0 Å². The minimum absolute atomic E-state index is 0.0345. The minimum atomic E-state index is 0.0345. The average Bonchev–Trinajstić information content (AvgIpc) is 2.61. The Bertz CT molecular complexity index is 712. The van der Waals surface area contributed by atoms with Gasteiger partial charge in [-0.15, -0.1) is 0 Å². The third-order valence-electron chi connectivity index (χ3n) is 4.34. The fourth-order valence-corrected chi connectivity index (χ4v) is 3.03. The lowest BCUT2D eigenvalue weighted by Crippen LogP contribution is -2.12. The molecule has 1 aliphatic rings. The van der Waals surface area contributed by atoms with Gasteiger partial charge in [0.2, 0.25) is 0 Å². The second-order valence-electron chi connectivity index (χ2n) is 5.87. The molecule has 118 valence electrons. The summed E-state index contributed by atoms with van der Waals surface area (Å²) in [5.74, 6) is 1.19. The molecule has 0 saturated carbocycles. The summed E-state index contributed by atoms with van der Waals surface area (Å²) in [5, 5.41) is 9.14. The Morgan fingerprint density at radius 3 is 2.35 bits per heavy atom. The molecular weight excluding hydrogens is 288 g/mol. The van der Waals surface area contributed by atoms with Gasteiger partial charge in [-0.2, -0.15) is 0 Å². The summed E-state index contributed by atoms with van der Waals surface area (Å²) in [6.07, 6.45) is 3.15. The van der Waals surface area contributed by atoms with E-state index in [2.05, 4.69) is 0 Å². The zero-order valence-corrected chi connectivity index (χ0v) is 13.2. The zero-order valence-electron chi connectivity index (χ0n) is 13.2. The van der Waals surface area contributed by atoms with Gasteiger partial charge < -0.3 is 9.84 Å². The van der Waals surface area contributed by atoms with Crippen molar-refractivity contribution in [3.63, 3.8) is 0 Å². The number of carbonyl (C=O) groups is 1. The van der Waals surface area contributed by atoms with Crippen LogP contribution in [0.5, 0.6) is 5.75 Å². The fraction of sp³-hybridized carbons (Fsp3) is 0.250. The lowest BCUT2D eigenvalue weighted by atomic mass is 9.81. The molecule has 2 aromatic rings. The SMILES string of the molecule is COc1ccc([C@H]2CC(=O)C=C(c3ccc(CO)cc3)C2)cc1. The molecule has 0 bridgehead atoms. The molecule has 3 rings (SSSR count). The lowest BCUT2D eigenvalue weighted by Gasteiger charge is -2.23. The third-order valence-corrected chi connectivity index (χ3v) is 4.34. The van der Waals surface area contributed by atoms with Gasteiger partial charge in [-0.3, -0.25) is 4.79 Å². The number of aliphatic hydroxyl groups is 1. The van der Waals surface area contributed by atoms with Crippen molar-refractivity contribution in [2.24, 2.45) is 0 Å². The zero-order chi connectivity index (χ0) is 16.2. The Balaban J connectivity index is 1.83. The molecule has 0 amide bonds. The number of benzene rings is 2. The van der Waals surface area contributed by atoms with Crippen LogP contribution in [0.2, 0.25) is 0 Å². The van der Waals surface area contributed by atoms with E-state index in [9.17, 15) is 4.79 Å². The Hall–Kier alpha value is -2.39. The van der Waals surface area contributed by atoms with E-state index in [4.69, 9.17) is 9.84 Å². The monoisotopic (exact) mass is 308 g/mol. The van der Waals surface area contributed by atoms with Gasteiger partial charge in [-0.05, 0) is 52.8 Å². The number of aliphatic hydroxyl groups excluding tert-OH is 1. The van der Waals surface area contributed by atoms with Gasteiger partial charge in [0.25, 0.3) is 0 Å². The van der Waals surface area contributed by atoms with Crippen LogP contribution >= 0.6 is 0 Å². The van der Waals surface area contributed by atoms with Gasteiger partial charge in [0, 0.05) is 6.42 Å². The second-order valence-corrected chi connectivity index (χ2v) is 5.87. The van der Waals surface area contributed by atoms with Crippen LogP contribution in [0.1, 0.15) is 35.4 Å². The maximum Gasteiger partial charge on any atom is 0.156 e. The molecule has 3 heteroatoms. The van der Waals surface area contributed by atoms with Crippen LogP contribution in [-0.4, -0.2) is 18.0 Å². The molecule has 23 heavy (non-hydrogen) atoms. The number of hydrogen-bond donors (Lipinski definition) is 1. The quantitative estimate of drug-likeness (QED) is 0.936. The van der Waals surface area contributed by atoms with Crippen molar-refractivity contribution in [2.45, 2.75) is 25.4 Å². The first-order valence-electron chi connectivity index (χ1n) is 7.77. The van der Waals surface area contributed by atoms with Crippen molar-refractivity contribution in [1.29, 1.82) is 0 Å². The van der Waals surface area contributed by atoms with E-state index in [-0.39, 0.29) is 18.3 Å². The predicted molar refractivity (Wildman–Crippen MR) is 90.3 cm³/mol. The molecule has 1 atom stereocenters. The largest absolute Gasteiger partial charge is 0.497 e. The molecule has 0 aliphatic heterocycles. The highest BCUT2D eigenvalue weighted by molar-refractivity contribution is 5.99. The smallest absolute Gasteiger partial charge is 0.156 e. The summed E-state index contributed by atoms with van der Waals surface area (Å²) in [5.41, 5.74) is 4.15. The highest BCUT2D eigenvalue weighted by Crippen LogP contribution is 2.36. The molecule has 3 nitrogen and oxygen atoms in total. The van der Waals surface area contributed by atoms with Gasteiger partial charge in [0.05, 0.1) is 13.7 Å². The third kappa shape index (κ3) is 3.51. The first kappa shape index (κ1) is 15.5. The number of ketones is 1.